The van der Waals surface area contributed by atoms with E-state index >= 15 is 0 Å². The maximum Gasteiger partial charge on any atom is 0.303 e. The van der Waals surface area contributed by atoms with Crippen LogP contribution in [0.1, 0.15) is 45.4 Å². The highest BCUT2D eigenvalue weighted by molar-refractivity contribution is 7.89. The number of nitriles is 1. The Morgan fingerprint density at radius 2 is 2.00 bits per heavy atom. The first-order chi connectivity index (χ1) is 15.5. The van der Waals surface area contributed by atoms with E-state index in [1.165, 1.54) is 25.1 Å². The van der Waals surface area contributed by atoms with Crippen LogP contribution >= 0.6 is 0 Å². The number of furan rings is 1. The van der Waals surface area contributed by atoms with Crippen LogP contribution < -0.4 is 14.8 Å². The van der Waals surface area contributed by atoms with Gasteiger partial charge in [-0.1, -0.05) is 6.92 Å². The molecule has 178 valence electrons. The summed E-state index contributed by atoms with van der Waals surface area (Å²) in [4.78, 5) is 22.9. The van der Waals surface area contributed by atoms with Crippen molar-refractivity contribution in [2.45, 2.75) is 44.6 Å². The predicted octanol–water partition coefficient (Wildman–Crippen LogP) is 2.51. The van der Waals surface area contributed by atoms with Crippen LogP contribution in [0.25, 0.3) is 11.0 Å². The summed E-state index contributed by atoms with van der Waals surface area (Å²) in [7, 11) is -3.87. The van der Waals surface area contributed by atoms with Crippen molar-refractivity contribution in [3.63, 3.8) is 0 Å². The van der Waals surface area contributed by atoms with Crippen molar-refractivity contribution >= 4 is 32.9 Å². The number of nitrogens with one attached hydrogen (secondary N) is 2. The number of allylic oxidation sites excluding steroid dienone is 1. The number of benzene rings is 1. The zero-order chi connectivity index (χ0) is 24.8. The van der Waals surface area contributed by atoms with Gasteiger partial charge in [0, 0.05) is 18.4 Å². The number of amides is 1. The quantitative estimate of drug-likeness (QED) is 0.163. The van der Waals surface area contributed by atoms with E-state index in [2.05, 4.69) is 10.0 Å². The van der Waals surface area contributed by atoms with Gasteiger partial charge in [0.2, 0.25) is 10.0 Å². The maximum absolute atomic E-state index is 12.7. The minimum atomic E-state index is -3.87. The van der Waals surface area contributed by atoms with Crippen LogP contribution in [0, 0.1) is 11.3 Å². The Bertz CT molecular complexity index is 1220. The molecule has 1 aromatic carbocycles. The highest BCUT2D eigenvalue weighted by Gasteiger charge is 2.25. The number of nitrogens with zero attached hydrogens (tertiary/aromatic N) is 1. The number of aliphatic hydroxyl groups excluding tert-OH is 1. The van der Waals surface area contributed by atoms with Gasteiger partial charge in [-0.05, 0) is 38.5 Å². The predicted molar refractivity (Wildman–Crippen MR) is 117 cm³/mol. The summed E-state index contributed by atoms with van der Waals surface area (Å²) in [6, 6.07) is 5.02. The normalized spacial score (nSPS) is 13.2. The number of carbonyl (C=O) groups is 2. The third-order valence-corrected chi connectivity index (χ3v) is 6.12. The van der Waals surface area contributed by atoms with E-state index < -0.39 is 39.3 Å². The summed E-state index contributed by atoms with van der Waals surface area (Å²) in [6.45, 7) is 4.63. The van der Waals surface area contributed by atoms with E-state index in [1.807, 2.05) is 0 Å². The van der Waals surface area contributed by atoms with Crippen LogP contribution in [0.2, 0.25) is 0 Å². The van der Waals surface area contributed by atoms with Gasteiger partial charge in [0.05, 0.1) is 17.5 Å². The summed E-state index contributed by atoms with van der Waals surface area (Å²) >= 11 is 0. The summed E-state index contributed by atoms with van der Waals surface area (Å²) in [5, 5.41) is 30.0. The number of hydrogen-bond acceptors (Lipinski definition) is 8. The Hall–Kier alpha value is -3.56. The molecular weight excluding hydrogens is 454 g/mol. The van der Waals surface area contributed by atoms with Gasteiger partial charge in [-0.3, -0.25) is 9.59 Å². The summed E-state index contributed by atoms with van der Waals surface area (Å²) in [5.74, 6) is -1.84. The van der Waals surface area contributed by atoms with E-state index in [9.17, 15) is 23.1 Å². The minimum absolute atomic E-state index is 0.0606. The first-order valence-electron chi connectivity index (χ1n) is 10.0. The molecule has 2 rings (SSSR count). The van der Waals surface area contributed by atoms with Crippen LogP contribution in [0.4, 0.5) is 0 Å². The molecule has 1 atom stereocenters. The summed E-state index contributed by atoms with van der Waals surface area (Å²) in [6.07, 6.45) is 0.138. The molecule has 0 fully saturated rings. The maximum atomic E-state index is 12.7. The monoisotopic (exact) mass is 479 g/mol. The van der Waals surface area contributed by atoms with E-state index in [0.29, 0.717) is 0 Å². The van der Waals surface area contributed by atoms with Crippen molar-refractivity contribution in [3.8, 4) is 11.8 Å². The van der Waals surface area contributed by atoms with Crippen LogP contribution in [0.5, 0.6) is 5.75 Å². The van der Waals surface area contributed by atoms with Gasteiger partial charge in [-0.15, -0.1) is 0 Å². The fourth-order valence-corrected chi connectivity index (χ4v) is 4.19. The second-order valence-electron chi connectivity index (χ2n) is 7.07. The molecule has 0 saturated heterocycles. The number of ether oxygens (including phenoxy) is 1. The van der Waals surface area contributed by atoms with Gasteiger partial charge >= 0.3 is 5.97 Å². The van der Waals surface area contributed by atoms with Crippen LogP contribution in [-0.2, 0) is 19.6 Å². The molecule has 0 saturated carbocycles. The Balaban J connectivity index is 2.47. The lowest BCUT2D eigenvalue weighted by Crippen LogP contribution is -2.28. The second kappa shape index (κ2) is 10.8. The fourth-order valence-electron chi connectivity index (χ4n) is 2.96. The Morgan fingerprint density at radius 3 is 2.58 bits per heavy atom. The molecule has 1 unspecified atom stereocenters. The van der Waals surface area contributed by atoms with Crippen molar-refractivity contribution < 1.29 is 37.4 Å². The smallest absolute Gasteiger partial charge is 0.303 e. The van der Waals surface area contributed by atoms with E-state index in [1.54, 1.807) is 19.9 Å². The molecule has 4 N–H and O–H groups in total. The van der Waals surface area contributed by atoms with Gasteiger partial charge in [0.1, 0.15) is 17.6 Å². The zero-order valence-electron chi connectivity index (χ0n) is 18.3. The average Bonchev–Trinajstić information content (AvgIpc) is 3.16. The van der Waals surface area contributed by atoms with E-state index in [0.717, 1.165) is 0 Å². The topological polar surface area (TPSA) is 179 Å². The highest BCUT2D eigenvalue weighted by atomic mass is 32.2. The van der Waals surface area contributed by atoms with Gasteiger partial charge in [-0.2, -0.15) is 5.26 Å². The number of sulfonamides is 1. The van der Waals surface area contributed by atoms with Crippen LogP contribution in [0.3, 0.4) is 0 Å². The summed E-state index contributed by atoms with van der Waals surface area (Å²) < 4.78 is 39.1. The number of fused-ring (bicyclic) bond motifs is 1. The van der Waals surface area contributed by atoms with E-state index in [-0.39, 0.29) is 53.4 Å². The van der Waals surface area contributed by atoms with Crippen molar-refractivity contribution in [1.29, 1.82) is 5.26 Å². The van der Waals surface area contributed by atoms with Crippen molar-refractivity contribution in [2.24, 2.45) is 0 Å². The largest absolute Gasteiger partial charge is 0.511 e. The third-order valence-electron chi connectivity index (χ3n) is 4.52. The Morgan fingerprint density at radius 1 is 1.30 bits per heavy atom. The Kier molecular flexibility index (Phi) is 8.44. The number of rotatable bonds is 11. The number of carboxylic acid groups (broad SMARTS) is 1. The van der Waals surface area contributed by atoms with Gasteiger partial charge in [-0.25, -0.2) is 13.1 Å². The van der Waals surface area contributed by atoms with Crippen molar-refractivity contribution in [1.82, 2.24) is 10.0 Å². The van der Waals surface area contributed by atoms with Gasteiger partial charge in [0.25, 0.3) is 5.91 Å². The summed E-state index contributed by atoms with van der Waals surface area (Å²) in [5.41, 5.74) is -0.356. The SMILES string of the molecule is CCNS(=O)(=O)c1ccc(OCCCC(=O)O)c2oc(C(C)NC(=O)/C(C#N)=C(/C)O)cc12. The molecule has 0 bridgehead atoms. The molecule has 0 radical (unpaired) electrons. The number of carboxylic acids is 1. The molecule has 33 heavy (non-hydrogen) atoms. The lowest BCUT2D eigenvalue weighted by Gasteiger charge is -2.11. The molecule has 1 amide bonds. The molecule has 0 spiro atoms. The lowest BCUT2D eigenvalue weighted by molar-refractivity contribution is -0.137. The fraction of sp³-hybridized carbons (Fsp3) is 0.381. The molecule has 12 heteroatoms. The molecular formula is C21H25N3O8S. The van der Waals surface area contributed by atoms with Crippen molar-refractivity contribution in [3.05, 3.63) is 35.3 Å². The third kappa shape index (κ3) is 6.24. The molecule has 2 aromatic rings. The molecule has 0 aliphatic carbocycles. The van der Waals surface area contributed by atoms with E-state index in [4.69, 9.17) is 19.5 Å². The molecule has 0 aliphatic heterocycles. The van der Waals surface area contributed by atoms with Crippen LogP contribution in [0.15, 0.2) is 38.8 Å². The molecule has 1 heterocycles. The number of hydrogen-bond donors (Lipinski definition) is 4. The average molecular weight is 480 g/mol. The highest BCUT2D eigenvalue weighted by Crippen LogP contribution is 2.35. The first kappa shape index (κ1) is 25.7. The van der Waals surface area contributed by atoms with Gasteiger partial charge in [0.15, 0.2) is 16.9 Å². The lowest BCUT2D eigenvalue weighted by atomic mass is 10.2. The molecule has 0 aliphatic rings. The van der Waals surface area contributed by atoms with Crippen molar-refractivity contribution in [2.75, 3.05) is 13.2 Å². The number of carbonyl (C=O) groups excluding carboxylic acids is 1. The number of aliphatic carboxylic acids is 1. The van der Waals surface area contributed by atoms with Gasteiger partial charge < -0.3 is 24.7 Å². The van der Waals surface area contributed by atoms with Crippen LogP contribution in [-0.4, -0.2) is 43.7 Å². The standard InChI is InChI=1S/C21H25N3O8S/c1-4-23-33(29,30)18-8-7-16(31-9-5-6-19(26)27)20-14(18)10-17(32-20)12(2)24-21(28)15(11-22)13(3)25/h7-8,10,12,23,25H,4-6,9H2,1-3H3,(H,24,28)(H,26,27)/b15-13-. The molecule has 11 nitrogen and oxygen atoms in total. The minimum Gasteiger partial charge on any atom is -0.511 e. The zero-order valence-corrected chi connectivity index (χ0v) is 19.2. The number of aliphatic hydroxyl groups is 1. The Labute approximate surface area is 190 Å². The molecule has 1 aromatic heterocycles. The second-order valence-corrected chi connectivity index (χ2v) is 8.80. The first-order valence-corrected chi connectivity index (χ1v) is 11.5.